The highest BCUT2D eigenvalue weighted by Crippen LogP contribution is 2.42. The molecule has 1 saturated carbocycles. The summed E-state index contributed by atoms with van der Waals surface area (Å²) in [7, 11) is 0. The number of halogens is 2. The van der Waals surface area contributed by atoms with E-state index < -0.39 is 5.66 Å². The number of aliphatic imine (C=N–C) groups is 2. The van der Waals surface area contributed by atoms with Crippen LogP contribution in [0.15, 0.2) is 37.1 Å². The van der Waals surface area contributed by atoms with Crippen molar-refractivity contribution >= 4 is 49.5 Å². The molecule has 2 aliphatic rings. The van der Waals surface area contributed by atoms with Gasteiger partial charge in [0.05, 0.1) is 5.69 Å². The van der Waals surface area contributed by atoms with Crippen molar-refractivity contribution in [3.8, 4) is 0 Å². The molecule has 1 aliphatic carbocycles. The first kappa shape index (κ1) is 14.8. The predicted molar refractivity (Wildman–Crippen MR) is 93.4 cm³/mol. The molecule has 112 valence electrons. The molecule has 1 aliphatic heterocycles. The molecule has 0 amide bonds. The first-order valence-electron chi connectivity index (χ1n) is 6.97. The Balaban J connectivity index is 2.13. The van der Waals surface area contributed by atoms with E-state index in [0.717, 1.165) is 40.3 Å². The van der Waals surface area contributed by atoms with E-state index in [2.05, 4.69) is 41.8 Å². The molecule has 0 atom stereocenters. The Hall–Kier alpha value is -1.08. The van der Waals surface area contributed by atoms with Gasteiger partial charge in [0, 0.05) is 8.95 Å². The van der Waals surface area contributed by atoms with Crippen LogP contribution in [0.5, 0.6) is 0 Å². The fourth-order valence-corrected chi connectivity index (χ4v) is 3.90. The fraction of sp³-hybridized carbons (Fsp3) is 0.429. The lowest BCUT2D eigenvalue weighted by Crippen LogP contribution is -2.58. The minimum Gasteiger partial charge on any atom is -0.369 e. The van der Waals surface area contributed by atoms with E-state index >= 15 is 0 Å². The molecule has 0 unspecified atom stereocenters. The highest BCUT2D eigenvalue weighted by Gasteiger charge is 2.43. The van der Waals surface area contributed by atoms with Crippen LogP contribution < -0.4 is 16.4 Å². The average Bonchev–Trinajstić information content (AvgIpc) is 2.42. The summed E-state index contributed by atoms with van der Waals surface area (Å²) in [5.41, 5.74) is 12.6. The number of nitrogens with zero attached hydrogens (tertiary/aromatic N) is 3. The Labute approximate surface area is 140 Å². The van der Waals surface area contributed by atoms with Crippen molar-refractivity contribution in [2.75, 3.05) is 4.90 Å². The average molecular weight is 415 g/mol. The quantitative estimate of drug-likeness (QED) is 0.739. The van der Waals surface area contributed by atoms with Gasteiger partial charge in [-0.3, -0.25) is 4.90 Å². The summed E-state index contributed by atoms with van der Waals surface area (Å²) in [5, 5.41) is 0. The number of guanidine groups is 2. The van der Waals surface area contributed by atoms with E-state index in [4.69, 9.17) is 11.5 Å². The van der Waals surface area contributed by atoms with Gasteiger partial charge >= 0.3 is 0 Å². The molecule has 1 spiro atoms. The van der Waals surface area contributed by atoms with Gasteiger partial charge in [0.2, 0.25) is 11.9 Å². The van der Waals surface area contributed by atoms with Gasteiger partial charge in [0.25, 0.3) is 0 Å². The molecule has 0 aromatic heterocycles. The number of hydrogen-bond acceptors (Lipinski definition) is 5. The van der Waals surface area contributed by atoms with E-state index in [1.807, 2.05) is 23.1 Å². The molecule has 3 rings (SSSR count). The lowest BCUT2D eigenvalue weighted by Gasteiger charge is -2.46. The first-order chi connectivity index (χ1) is 10.0. The Kier molecular flexibility index (Phi) is 3.96. The molecule has 21 heavy (non-hydrogen) atoms. The summed E-state index contributed by atoms with van der Waals surface area (Å²) in [5.74, 6) is 0.681. The topological polar surface area (TPSA) is 80.0 Å². The number of rotatable bonds is 1. The summed E-state index contributed by atoms with van der Waals surface area (Å²) in [6.45, 7) is 0. The van der Waals surface area contributed by atoms with Gasteiger partial charge in [-0.15, -0.1) is 0 Å². The summed E-state index contributed by atoms with van der Waals surface area (Å²) in [4.78, 5) is 10.9. The van der Waals surface area contributed by atoms with Crippen molar-refractivity contribution in [1.29, 1.82) is 0 Å². The summed E-state index contributed by atoms with van der Waals surface area (Å²) in [6.07, 6.45) is 5.33. The highest BCUT2D eigenvalue weighted by molar-refractivity contribution is 9.11. The van der Waals surface area contributed by atoms with E-state index in [-0.39, 0.29) is 5.96 Å². The van der Waals surface area contributed by atoms with E-state index in [1.54, 1.807) is 0 Å². The number of benzene rings is 1. The molecule has 1 fully saturated rings. The van der Waals surface area contributed by atoms with Crippen molar-refractivity contribution in [1.82, 2.24) is 0 Å². The van der Waals surface area contributed by atoms with Crippen LogP contribution in [0.3, 0.4) is 0 Å². The van der Waals surface area contributed by atoms with Gasteiger partial charge in [0.1, 0.15) is 5.66 Å². The first-order valence-corrected chi connectivity index (χ1v) is 8.55. The van der Waals surface area contributed by atoms with E-state index in [0.29, 0.717) is 5.96 Å². The standard InChI is InChI=1S/C14H17Br2N5/c15-9-4-5-10(16)11(8-9)21-13(18)19-12(17)20-14(21)6-2-1-3-7-14/h4-5,8H,1-3,6-7H2,(H4,17,18,19,20). The Morgan fingerprint density at radius 3 is 2.52 bits per heavy atom. The minimum absolute atomic E-state index is 0.275. The molecule has 0 saturated heterocycles. The lowest BCUT2D eigenvalue weighted by molar-refractivity contribution is 0.305. The van der Waals surface area contributed by atoms with Crippen LogP contribution in [0.25, 0.3) is 0 Å². The molecular weight excluding hydrogens is 398 g/mol. The molecule has 1 heterocycles. The van der Waals surface area contributed by atoms with Gasteiger partial charge in [0.15, 0.2) is 0 Å². The maximum atomic E-state index is 6.20. The number of anilines is 1. The highest BCUT2D eigenvalue weighted by atomic mass is 79.9. The number of nitrogens with two attached hydrogens (primary N) is 2. The largest absolute Gasteiger partial charge is 0.369 e. The van der Waals surface area contributed by atoms with Crippen LogP contribution in [-0.2, 0) is 0 Å². The normalized spacial score (nSPS) is 21.1. The van der Waals surface area contributed by atoms with Crippen LogP contribution in [0, 0.1) is 0 Å². The minimum atomic E-state index is -0.405. The molecule has 7 heteroatoms. The third kappa shape index (κ3) is 2.68. The zero-order valence-electron chi connectivity index (χ0n) is 11.5. The Morgan fingerprint density at radius 1 is 1.10 bits per heavy atom. The monoisotopic (exact) mass is 413 g/mol. The van der Waals surface area contributed by atoms with Crippen molar-refractivity contribution in [3.63, 3.8) is 0 Å². The van der Waals surface area contributed by atoms with Gasteiger partial charge in [-0.1, -0.05) is 22.4 Å². The lowest BCUT2D eigenvalue weighted by atomic mass is 9.87. The molecule has 1 aromatic carbocycles. The molecule has 1 aromatic rings. The summed E-state index contributed by atoms with van der Waals surface area (Å²) in [6, 6.07) is 6.00. The molecule has 4 N–H and O–H groups in total. The van der Waals surface area contributed by atoms with Crippen molar-refractivity contribution in [2.24, 2.45) is 21.5 Å². The zero-order valence-corrected chi connectivity index (χ0v) is 14.7. The third-order valence-corrected chi connectivity index (χ3v) is 5.16. The molecule has 5 nitrogen and oxygen atoms in total. The van der Waals surface area contributed by atoms with Crippen LogP contribution in [0.1, 0.15) is 32.1 Å². The Bertz CT molecular complexity index is 620. The van der Waals surface area contributed by atoms with Gasteiger partial charge in [-0.05, 0) is 59.8 Å². The summed E-state index contributed by atoms with van der Waals surface area (Å²) >= 11 is 7.12. The zero-order chi connectivity index (χ0) is 15.0. The molecule has 0 bridgehead atoms. The smallest absolute Gasteiger partial charge is 0.220 e. The van der Waals surface area contributed by atoms with Crippen molar-refractivity contribution < 1.29 is 0 Å². The van der Waals surface area contributed by atoms with Gasteiger partial charge in [-0.25, -0.2) is 4.99 Å². The maximum absolute atomic E-state index is 6.20. The maximum Gasteiger partial charge on any atom is 0.220 e. The Morgan fingerprint density at radius 2 is 1.81 bits per heavy atom. The van der Waals surface area contributed by atoms with Crippen LogP contribution in [0.2, 0.25) is 0 Å². The SMILES string of the molecule is NC1=NC2(CCCCC2)N(c2cc(Br)ccc2Br)C(N)=N1. The fourth-order valence-electron chi connectivity index (χ4n) is 3.13. The van der Waals surface area contributed by atoms with Gasteiger partial charge < -0.3 is 11.5 Å². The second-order valence-corrected chi connectivity index (χ2v) is 7.18. The second-order valence-electron chi connectivity index (χ2n) is 5.41. The van der Waals surface area contributed by atoms with Crippen LogP contribution >= 0.6 is 31.9 Å². The summed E-state index contributed by atoms with van der Waals surface area (Å²) < 4.78 is 1.95. The van der Waals surface area contributed by atoms with Crippen LogP contribution in [-0.4, -0.2) is 17.6 Å². The second kappa shape index (κ2) is 5.61. The van der Waals surface area contributed by atoms with Crippen LogP contribution in [0.4, 0.5) is 5.69 Å². The van der Waals surface area contributed by atoms with Crippen molar-refractivity contribution in [2.45, 2.75) is 37.8 Å². The predicted octanol–water partition coefficient (Wildman–Crippen LogP) is 3.32. The van der Waals surface area contributed by atoms with E-state index in [1.165, 1.54) is 6.42 Å². The van der Waals surface area contributed by atoms with E-state index in [9.17, 15) is 0 Å². The van der Waals surface area contributed by atoms with Crippen molar-refractivity contribution in [3.05, 3.63) is 27.1 Å². The number of hydrogen-bond donors (Lipinski definition) is 2. The third-order valence-electron chi connectivity index (χ3n) is 4.00. The van der Waals surface area contributed by atoms with Gasteiger partial charge in [-0.2, -0.15) is 4.99 Å². The molecular formula is C14H17Br2N5. The molecule has 0 radical (unpaired) electrons.